The Morgan fingerprint density at radius 2 is 1.09 bits per heavy atom. The Bertz CT molecular complexity index is 487. The first kappa shape index (κ1) is 32.9. The highest BCUT2D eigenvalue weighted by Gasteiger charge is 2.31. The van der Waals surface area contributed by atoms with E-state index in [1.807, 2.05) is 0 Å². The summed E-state index contributed by atoms with van der Waals surface area (Å²) in [6.07, 6.45) is 8.35. The van der Waals surface area contributed by atoms with Crippen LogP contribution in [0.15, 0.2) is 0 Å². The number of ether oxygens (including phenoxy) is 3. The van der Waals surface area contributed by atoms with Crippen LogP contribution >= 0.6 is 0 Å². The molecule has 0 unspecified atom stereocenters. The average Bonchev–Trinajstić information content (AvgIpc) is 2.45. The lowest BCUT2D eigenvalue weighted by Crippen LogP contribution is -2.49. The quantitative estimate of drug-likeness (QED) is 0.367. The molecule has 0 spiro atoms. The Kier molecular flexibility index (Phi) is 13.3. The van der Waals surface area contributed by atoms with Crippen LogP contribution in [-0.2, 0) is 14.2 Å². The van der Waals surface area contributed by atoms with Crippen molar-refractivity contribution in [1.82, 2.24) is 4.90 Å². The smallest absolute Gasteiger partial charge is 0.0626 e. The van der Waals surface area contributed by atoms with E-state index in [4.69, 9.17) is 14.2 Å². The van der Waals surface area contributed by atoms with Crippen LogP contribution in [-0.4, -0.2) is 61.7 Å². The zero-order valence-electron chi connectivity index (χ0n) is 25.9. The van der Waals surface area contributed by atoms with Crippen molar-refractivity contribution in [2.45, 2.75) is 139 Å². The van der Waals surface area contributed by atoms with E-state index in [2.05, 4.69) is 88.0 Å². The van der Waals surface area contributed by atoms with Crippen molar-refractivity contribution in [3.05, 3.63) is 0 Å². The molecule has 4 fully saturated rings. The van der Waals surface area contributed by atoms with Gasteiger partial charge in [0.25, 0.3) is 0 Å². The monoisotopic (exact) mass is 497 g/mol. The molecule has 3 aliphatic heterocycles. The molecule has 4 heteroatoms. The summed E-state index contributed by atoms with van der Waals surface area (Å²) in [7, 11) is 0. The number of hydrogen-bond donors (Lipinski definition) is 0. The average molecular weight is 498 g/mol. The van der Waals surface area contributed by atoms with Crippen molar-refractivity contribution in [2.24, 2.45) is 22.7 Å². The molecule has 0 radical (unpaired) electrons. The summed E-state index contributed by atoms with van der Waals surface area (Å²) in [4.78, 5) is 2.49. The predicted octanol–water partition coefficient (Wildman–Crippen LogP) is 7.98. The van der Waals surface area contributed by atoms with Crippen molar-refractivity contribution >= 4 is 0 Å². The highest BCUT2D eigenvalue weighted by Crippen LogP contribution is 2.40. The lowest BCUT2D eigenvalue weighted by Gasteiger charge is -2.42. The molecule has 0 N–H and O–H groups in total. The van der Waals surface area contributed by atoms with Crippen LogP contribution in [0.1, 0.15) is 122 Å². The van der Waals surface area contributed by atoms with Gasteiger partial charge in [0.1, 0.15) is 0 Å². The van der Waals surface area contributed by atoms with Crippen molar-refractivity contribution < 1.29 is 14.2 Å². The maximum atomic E-state index is 5.80. The summed E-state index contributed by atoms with van der Waals surface area (Å²) in [5.41, 5.74) is 1.50. The first-order valence-corrected chi connectivity index (χ1v) is 14.5. The molecule has 1 saturated carbocycles. The molecule has 210 valence electrons. The number of hydrogen-bond acceptors (Lipinski definition) is 4. The van der Waals surface area contributed by atoms with Gasteiger partial charge in [-0.05, 0) is 103 Å². The second kappa shape index (κ2) is 14.1. The van der Waals surface area contributed by atoms with E-state index in [9.17, 15) is 0 Å². The van der Waals surface area contributed by atoms with E-state index in [-0.39, 0.29) is 5.60 Å². The number of nitrogens with zero attached hydrogens (tertiary/aromatic N) is 1. The molecule has 3 saturated heterocycles. The molecule has 35 heavy (non-hydrogen) atoms. The Morgan fingerprint density at radius 1 is 0.600 bits per heavy atom. The Labute approximate surface area is 220 Å². The van der Waals surface area contributed by atoms with Gasteiger partial charge in [0.15, 0.2) is 0 Å². The second-order valence-electron chi connectivity index (χ2n) is 15.1. The minimum atomic E-state index is 0.00199. The van der Waals surface area contributed by atoms with Gasteiger partial charge >= 0.3 is 0 Å². The van der Waals surface area contributed by atoms with Gasteiger partial charge in [-0.15, -0.1) is 0 Å². The van der Waals surface area contributed by atoms with E-state index >= 15 is 0 Å². The second-order valence-corrected chi connectivity index (χ2v) is 15.1. The summed E-state index contributed by atoms with van der Waals surface area (Å²) in [5.74, 6) is 1.84. The number of rotatable bonds is 1. The van der Waals surface area contributed by atoms with E-state index in [0.717, 1.165) is 51.1 Å². The molecule has 0 aromatic heterocycles. The van der Waals surface area contributed by atoms with Crippen LogP contribution in [0.3, 0.4) is 0 Å². The molecule has 4 rings (SSSR count). The van der Waals surface area contributed by atoms with Gasteiger partial charge in [-0.25, -0.2) is 0 Å². The van der Waals surface area contributed by atoms with Gasteiger partial charge in [-0.1, -0.05) is 48.0 Å². The third-order valence-corrected chi connectivity index (χ3v) is 7.69. The zero-order valence-corrected chi connectivity index (χ0v) is 25.9. The largest absolute Gasteiger partial charge is 0.381 e. The van der Waals surface area contributed by atoms with Crippen LogP contribution in [0.5, 0.6) is 0 Å². The molecule has 4 nitrogen and oxygen atoms in total. The first-order chi connectivity index (χ1) is 15.9. The minimum absolute atomic E-state index is 0.00199. The SMILES string of the molecule is CC(C)(C)C1CCC1.CC(C)(C)C1COC1.CC(C)(C)N1CCC1.CC(C)(C)OC1CCOCC1. The molecule has 4 aliphatic rings. The van der Waals surface area contributed by atoms with Gasteiger partial charge < -0.3 is 14.2 Å². The van der Waals surface area contributed by atoms with Crippen LogP contribution in [0.25, 0.3) is 0 Å². The van der Waals surface area contributed by atoms with Crippen LogP contribution in [0.4, 0.5) is 0 Å². The van der Waals surface area contributed by atoms with E-state index in [0.29, 0.717) is 22.5 Å². The van der Waals surface area contributed by atoms with Crippen molar-refractivity contribution in [2.75, 3.05) is 39.5 Å². The molecule has 0 amide bonds. The Hall–Kier alpha value is -0.160. The summed E-state index contributed by atoms with van der Waals surface area (Å²) < 4.78 is 16.1. The highest BCUT2D eigenvalue weighted by molar-refractivity contribution is 4.82. The standard InChI is InChI=1S/C9H18O2.C8H16.C7H15N.C7H14O/c1-9(2,3)11-8-4-6-10-7-5-8;1-8(2,3)7-5-4-6-7;1-7(2,3)8-5-4-6-8;1-7(2,3)6-4-8-5-6/h8H,4-7H2,1-3H3;7H,4-6H2,1-3H3;4-6H2,1-3H3;6H,4-5H2,1-3H3. The Balaban J connectivity index is 0.000000236. The molecule has 0 aromatic rings. The summed E-state index contributed by atoms with van der Waals surface area (Å²) in [6.45, 7) is 33.2. The lowest BCUT2D eigenvalue weighted by atomic mass is 9.69. The van der Waals surface area contributed by atoms with Gasteiger partial charge in [-0.2, -0.15) is 0 Å². The molecule has 1 aliphatic carbocycles. The van der Waals surface area contributed by atoms with Gasteiger partial charge in [0.2, 0.25) is 0 Å². The van der Waals surface area contributed by atoms with E-state index < -0.39 is 0 Å². The molecule has 0 atom stereocenters. The van der Waals surface area contributed by atoms with Crippen LogP contribution < -0.4 is 0 Å². The summed E-state index contributed by atoms with van der Waals surface area (Å²) in [6, 6.07) is 0. The summed E-state index contributed by atoms with van der Waals surface area (Å²) >= 11 is 0. The fraction of sp³-hybridized carbons (Fsp3) is 1.00. The Morgan fingerprint density at radius 3 is 1.23 bits per heavy atom. The lowest BCUT2D eigenvalue weighted by molar-refractivity contribution is -0.100. The van der Waals surface area contributed by atoms with Crippen molar-refractivity contribution in [3.63, 3.8) is 0 Å². The van der Waals surface area contributed by atoms with E-state index in [1.54, 1.807) is 0 Å². The molecule has 0 aromatic carbocycles. The third kappa shape index (κ3) is 14.4. The maximum absolute atomic E-state index is 5.80. The van der Waals surface area contributed by atoms with Crippen LogP contribution in [0.2, 0.25) is 0 Å². The van der Waals surface area contributed by atoms with Crippen molar-refractivity contribution in [1.29, 1.82) is 0 Å². The maximum Gasteiger partial charge on any atom is 0.0626 e. The van der Waals surface area contributed by atoms with Crippen molar-refractivity contribution in [3.8, 4) is 0 Å². The first-order valence-electron chi connectivity index (χ1n) is 14.5. The van der Waals surface area contributed by atoms with Gasteiger partial charge in [0, 0.05) is 24.7 Å². The fourth-order valence-corrected chi connectivity index (χ4v) is 4.29. The topological polar surface area (TPSA) is 30.9 Å². The third-order valence-electron chi connectivity index (χ3n) is 7.69. The molecule has 3 heterocycles. The molecule has 0 bridgehead atoms. The zero-order chi connectivity index (χ0) is 26.9. The van der Waals surface area contributed by atoms with Crippen LogP contribution in [0, 0.1) is 22.7 Å². The van der Waals surface area contributed by atoms with Gasteiger partial charge in [-0.3, -0.25) is 4.90 Å². The van der Waals surface area contributed by atoms with Gasteiger partial charge in [0.05, 0.1) is 24.9 Å². The summed E-state index contributed by atoms with van der Waals surface area (Å²) in [5, 5.41) is 0. The predicted molar refractivity (Wildman–Crippen MR) is 151 cm³/mol. The number of likely N-dealkylation sites (tertiary alicyclic amines) is 1. The van der Waals surface area contributed by atoms with E-state index in [1.165, 1.54) is 38.8 Å². The molecular formula is C31H63NO3. The molecular weight excluding hydrogens is 434 g/mol. The highest BCUT2D eigenvalue weighted by atomic mass is 16.5. The minimum Gasteiger partial charge on any atom is -0.381 e. The normalized spacial score (nSPS) is 22.6. The fourth-order valence-electron chi connectivity index (χ4n) is 4.29.